The second-order valence-electron chi connectivity index (χ2n) is 15.2. The van der Waals surface area contributed by atoms with Gasteiger partial charge in [0.15, 0.2) is 0 Å². The Kier molecular flexibility index (Phi) is 6.28. The minimum atomic E-state index is -0.642. The van der Waals surface area contributed by atoms with Gasteiger partial charge in [0.05, 0.1) is 56.4 Å². The second kappa shape index (κ2) is 11.6. The maximum absolute atomic E-state index is 6.71. The van der Waals surface area contributed by atoms with E-state index >= 15 is 0 Å². The number of pyridine rings is 3. The first kappa shape index (κ1) is 31.4. The van der Waals surface area contributed by atoms with Crippen LogP contribution in [0.15, 0.2) is 189 Å². The van der Waals surface area contributed by atoms with Crippen LogP contribution in [0.4, 0.5) is 0 Å². The first-order valence-corrected chi connectivity index (χ1v) is 19.6. The Hall–Kier alpha value is -7.83. The van der Waals surface area contributed by atoms with Gasteiger partial charge in [0.25, 0.3) is 0 Å². The van der Waals surface area contributed by atoms with E-state index in [9.17, 15) is 0 Å². The zero-order valence-corrected chi connectivity index (χ0v) is 31.0. The molecule has 58 heavy (non-hydrogen) atoms. The summed E-state index contributed by atoms with van der Waals surface area (Å²) in [5, 5.41) is 4.80. The van der Waals surface area contributed by atoms with Gasteiger partial charge >= 0.3 is 0 Å². The lowest BCUT2D eigenvalue weighted by atomic mass is 9.66. The van der Waals surface area contributed by atoms with Crippen molar-refractivity contribution >= 4 is 43.6 Å². The van der Waals surface area contributed by atoms with Crippen LogP contribution in [0, 0.1) is 0 Å². The van der Waals surface area contributed by atoms with Gasteiger partial charge in [-0.15, -0.1) is 0 Å². The zero-order chi connectivity index (χ0) is 38.0. The molecule has 1 spiro atoms. The molecule has 1 aliphatic heterocycles. The Morgan fingerprint density at radius 2 is 0.931 bits per heavy atom. The number of rotatable bonds is 3. The smallest absolute Gasteiger partial charge is 0.132 e. The topological polar surface area (TPSA) is 57.8 Å². The summed E-state index contributed by atoms with van der Waals surface area (Å²) in [6, 6.07) is 58.5. The number of para-hydroxylation sites is 4. The first-order valence-electron chi connectivity index (χ1n) is 19.6. The highest BCUT2D eigenvalue weighted by Gasteiger charge is 2.52. The van der Waals surface area contributed by atoms with Crippen LogP contribution in [-0.4, -0.2) is 24.1 Å². The van der Waals surface area contributed by atoms with Gasteiger partial charge in [-0.3, -0.25) is 15.0 Å². The number of hydrogen-bond donors (Lipinski definition) is 0. The number of hydrogen-bond acceptors (Lipinski definition) is 4. The van der Waals surface area contributed by atoms with Gasteiger partial charge in [-0.1, -0.05) is 97.1 Å². The molecule has 6 nitrogen and oxygen atoms in total. The average molecular weight is 742 g/mol. The summed E-state index contributed by atoms with van der Waals surface area (Å²) in [7, 11) is 0. The van der Waals surface area contributed by atoms with Crippen LogP contribution in [-0.2, 0) is 5.41 Å². The maximum atomic E-state index is 6.71. The van der Waals surface area contributed by atoms with E-state index in [0.717, 1.165) is 89.7 Å². The number of aromatic nitrogens is 5. The molecule has 1 aliphatic carbocycles. The predicted octanol–water partition coefficient (Wildman–Crippen LogP) is 12.2. The normalized spacial score (nSPS) is 13.4. The number of ether oxygens (including phenoxy) is 1. The molecule has 6 heterocycles. The van der Waals surface area contributed by atoms with Crippen molar-refractivity contribution in [3.8, 4) is 45.4 Å². The standard InChI is InChI=1S/C52H31N5O/c1-5-17-42-34(11-1)35-12-2-6-18-43(35)56(42)46-25-28-53-31-47(46)57-44-19-7-3-13-36(44)37-29-32(21-23-45(37)57)33-22-24-49-41(30-33)52(38-14-4-8-20-48(38)58-49)39-15-9-26-54-50(39)51-40(52)16-10-27-55-51/h1-31H. The average Bonchev–Trinajstić information content (AvgIpc) is 3.91. The van der Waals surface area contributed by atoms with Crippen LogP contribution in [0.5, 0.6) is 11.5 Å². The van der Waals surface area contributed by atoms with Crippen molar-refractivity contribution in [2.45, 2.75) is 5.41 Å². The Morgan fingerprint density at radius 3 is 1.64 bits per heavy atom. The quantitative estimate of drug-likeness (QED) is 0.181. The summed E-state index contributed by atoms with van der Waals surface area (Å²) in [5.74, 6) is 1.68. The van der Waals surface area contributed by atoms with Crippen molar-refractivity contribution in [1.29, 1.82) is 0 Å². The van der Waals surface area contributed by atoms with Crippen LogP contribution >= 0.6 is 0 Å². The fourth-order valence-corrected chi connectivity index (χ4v) is 10.1. The van der Waals surface area contributed by atoms with Crippen molar-refractivity contribution in [1.82, 2.24) is 24.1 Å². The molecule has 0 amide bonds. The van der Waals surface area contributed by atoms with Crippen molar-refractivity contribution in [2.24, 2.45) is 0 Å². The highest BCUT2D eigenvalue weighted by molar-refractivity contribution is 6.12. The van der Waals surface area contributed by atoms with Gasteiger partial charge in [0, 0.05) is 51.3 Å². The molecule has 0 saturated carbocycles. The lowest BCUT2D eigenvalue weighted by Gasteiger charge is -2.39. The van der Waals surface area contributed by atoms with Crippen LogP contribution < -0.4 is 4.74 Å². The van der Waals surface area contributed by atoms with E-state index < -0.39 is 5.41 Å². The van der Waals surface area contributed by atoms with E-state index in [1.807, 2.05) is 43.0 Å². The Labute approximate surface area is 332 Å². The van der Waals surface area contributed by atoms with Gasteiger partial charge in [-0.25, -0.2) is 0 Å². The largest absolute Gasteiger partial charge is 0.457 e. The first-order chi connectivity index (χ1) is 28.8. The third-order valence-corrected chi connectivity index (χ3v) is 12.4. The summed E-state index contributed by atoms with van der Waals surface area (Å²) >= 11 is 0. The third-order valence-electron chi connectivity index (χ3n) is 12.4. The monoisotopic (exact) mass is 741 g/mol. The maximum Gasteiger partial charge on any atom is 0.132 e. The van der Waals surface area contributed by atoms with Crippen LogP contribution in [0.2, 0.25) is 0 Å². The lowest BCUT2D eigenvalue weighted by Crippen LogP contribution is -2.32. The van der Waals surface area contributed by atoms with Gasteiger partial charge in [0.2, 0.25) is 0 Å². The summed E-state index contributed by atoms with van der Waals surface area (Å²) in [4.78, 5) is 14.5. The summed E-state index contributed by atoms with van der Waals surface area (Å²) < 4.78 is 11.5. The minimum Gasteiger partial charge on any atom is -0.457 e. The molecule has 13 rings (SSSR count). The molecular formula is C52H31N5O. The Bertz CT molecular complexity index is 3420. The fraction of sp³-hybridized carbons (Fsp3) is 0.0192. The summed E-state index contributed by atoms with van der Waals surface area (Å²) in [6.07, 6.45) is 7.62. The van der Waals surface area contributed by atoms with Crippen molar-refractivity contribution in [2.75, 3.05) is 0 Å². The SMILES string of the molecule is c1ccc2c(c1)Oc1ccc(-c3ccc4c(c3)c3ccccc3n4-c3cnccc3-n3c4ccccc4c4ccccc43)cc1C21c2cccnc2-c2ncccc21. The Balaban J connectivity index is 1.03. The Morgan fingerprint density at radius 1 is 0.397 bits per heavy atom. The molecule has 0 atom stereocenters. The van der Waals surface area contributed by atoms with Gasteiger partial charge in [-0.2, -0.15) is 0 Å². The molecule has 6 heteroatoms. The second-order valence-corrected chi connectivity index (χ2v) is 15.2. The summed E-state index contributed by atoms with van der Waals surface area (Å²) in [6.45, 7) is 0. The zero-order valence-electron chi connectivity index (χ0n) is 31.0. The van der Waals surface area contributed by atoms with Crippen molar-refractivity contribution in [3.05, 3.63) is 211 Å². The lowest BCUT2D eigenvalue weighted by molar-refractivity contribution is 0.436. The molecule has 11 aromatic rings. The molecule has 0 N–H and O–H groups in total. The summed E-state index contributed by atoms with van der Waals surface area (Å²) in [5.41, 5.74) is 14.5. The van der Waals surface area contributed by atoms with E-state index in [4.69, 9.17) is 19.7 Å². The fourth-order valence-electron chi connectivity index (χ4n) is 10.1. The molecule has 270 valence electrons. The van der Waals surface area contributed by atoms with Crippen LogP contribution in [0.25, 0.3) is 77.5 Å². The molecule has 0 saturated heterocycles. The van der Waals surface area contributed by atoms with E-state index in [1.54, 1.807) is 0 Å². The number of nitrogens with zero attached hydrogens (tertiary/aromatic N) is 5. The molecule has 0 fully saturated rings. The van der Waals surface area contributed by atoms with Gasteiger partial charge in [-0.05, 0) is 89.0 Å². The molecule has 0 bridgehead atoms. The van der Waals surface area contributed by atoms with E-state index in [2.05, 4.69) is 155 Å². The van der Waals surface area contributed by atoms with Gasteiger partial charge < -0.3 is 13.9 Å². The van der Waals surface area contributed by atoms with Crippen LogP contribution in [0.3, 0.4) is 0 Å². The van der Waals surface area contributed by atoms with Crippen LogP contribution in [0.1, 0.15) is 22.3 Å². The number of fused-ring (bicyclic) bond motifs is 15. The number of benzene rings is 6. The highest BCUT2D eigenvalue weighted by atomic mass is 16.5. The van der Waals surface area contributed by atoms with Crippen molar-refractivity contribution < 1.29 is 4.74 Å². The molecule has 0 radical (unpaired) electrons. The molecule has 5 aromatic heterocycles. The molecule has 6 aromatic carbocycles. The van der Waals surface area contributed by atoms with Crippen molar-refractivity contribution in [3.63, 3.8) is 0 Å². The van der Waals surface area contributed by atoms with E-state index in [-0.39, 0.29) is 0 Å². The highest BCUT2D eigenvalue weighted by Crippen LogP contribution is 2.61. The predicted molar refractivity (Wildman–Crippen MR) is 231 cm³/mol. The van der Waals surface area contributed by atoms with Gasteiger partial charge in [0.1, 0.15) is 11.5 Å². The van der Waals surface area contributed by atoms with E-state index in [1.165, 1.54) is 21.5 Å². The van der Waals surface area contributed by atoms with E-state index in [0.29, 0.717) is 0 Å². The molecular weight excluding hydrogens is 711 g/mol. The molecule has 0 unspecified atom stereocenters. The molecule has 2 aliphatic rings. The third kappa shape index (κ3) is 4.03. The minimum absolute atomic E-state index is 0.642.